The zero-order chi connectivity index (χ0) is 71.6. The van der Waals surface area contributed by atoms with Crippen LogP contribution in [0, 0.1) is 0 Å². The van der Waals surface area contributed by atoms with Gasteiger partial charge in [0.25, 0.3) is 11.6 Å². The summed E-state index contributed by atoms with van der Waals surface area (Å²) < 4.78 is 17.3. The van der Waals surface area contributed by atoms with Gasteiger partial charge in [-0.05, 0) is 140 Å². The van der Waals surface area contributed by atoms with Crippen LogP contribution in [0.5, 0.6) is 0 Å². The van der Waals surface area contributed by atoms with Crippen LogP contribution in [-0.2, 0) is 44.6 Å². The SMILES string of the molecule is CCOC(=O)C(=O)OCC.CCOC(=O)C(=O)c1c(Cl)cccc1Cl.O=C(CCc1ccccn1)C(=O)c1c(Cl)cccc1Cl.O=C(O)C(=O)c1c(Cl)cccc1Cl.O=C(c1c(Cl)cccc1Cl)c1nc(Br)c2ccccn12.O=C(c1c(Cl)cccc1Cl)c1ncc2ccccn12. The Hall–Kier alpha value is -8.09. The number of Topliss-reactive ketones (excluding diaryl/α,β-unsaturated/α-hetero) is 4. The van der Waals surface area contributed by atoms with Crippen LogP contribution in [0.15, 0.2) is 175 Å². The predicted octanol–water partition coefficient (Wildman–Crippen LogP) is 17.4. The number of aliphatic carboxylic acids is 1. The Bertz CT molecular complexity index is 4460. The second kappa shape index (κ2) is 39.3. The van der Waals surface area contributed by atoms with Crippen LogP contribution >= 0.6 is 132 Å². The minimum Gasteiger partial charge on any atom is -0.475 e. The molecule has 19 nitrogen and oxygen atoms in total. The summed E-state index contributed by atoms with van der Waals surface area (Å²) in [4.78, 5) is 127. The van der Waals surface area contributed by atoms with Gasteiger partial charge in [-0.3, -0.25) is 42.6 Å². The van der Waals surface area contributed by atoms with E-state index in [1.165, 1.54) is 42.5 Å². The summed E-state index contributed by atoms with van der Waals surface area (Å²) in [6.07, 6.45) is 7.32. The molecule has 0 saturated carbocycles. The number of ether oxygens (including phenoxy) is 3. The van der Waals surface area contributed by atoms with Gasteiger partial charge in [-0.15, -0.1) is 0 Å². The molecule has 0 aliphatic rings. The van der Waals surface area contributed by atoms with Gasteiger partial charge in [0.1, 0.15) is 4.60 Å². The fraction of sp³-hybridized carbons (Fsp3) is 0.119. The molecular formula is C67H48BrCl10N5O14. The number of pyridine rings is 3. The summed E-state index contributed by atoms with van der Waals surface area (Å²) in [5.41, 5.74) is 2.84. The summed E-state index contributed by atoms with van der Waals surface area (Å²) in [5, 5.41) is 10.4. The smallest absolute Gasteiger partial charge is 0.417 e. The van der Waals surface area contributed by atoms with Crippen LogP contribution in [0.25, 0.3) is 11.0 Å². The number of carbonyl (C=O) groups excluding carboxylic acids is 9. The number of benzene rings is 5. The van der Waals surface area contributed by atoms with Crippen LogP contribution < -0.4 is 0 Å². The first kappa shape index (κ1) is 79.6. The highest BCUT2D eigenvalue weighted by Crippen LogP contribution is 2.31. The molecule has 30 heteroatoms. The van der Waals surface area contributed by atoms with E-state index in [4.69, 9.17) is 121 Å². The number of halogens is 11. The Balaban J connectivity index is 0.000000214. The molecule has 10 rings (SSSR count). The monoisotopic (exact) mass is 1570 g/mol. The van der Waals surface area contributed by atoms with E-state index in [0.717, 1.165) is 16.7 Å². The zero-order valence-electron chi connectivity index (χ0n) is 50.3. The number of ketones is 6. The van der Waals surface area contributed by atoms with Gasteiger partial charge in [-0.2, -0.15) is 0 Å². The Kier molecular flexibility index (Phi) is 32.3. The first-order valence-corrected chi connectivity index (χ1v) is 32.4. The molecule has 0 bridgehead atoms. The molecule has 0 fully saturated rings. The van der Waals surface area contributed by atoms with Crippen molar-refractivity contribution in [3.8, 4) is 0 Å². The van der Waals surface area contributed by atoms with Crippen molar-refractivity contribution in [2.75, 3.05) is 19.8 Å². The van der Waals surface area contributed by atoms with Gasteiger partial charge in [-0.25, -0.2) is 29.1 Å². The number of rotatable bonds is 16. The molecule has 1 N–H and O–H groups in total. The maximum atomic E-state index is 12.6. The van der Waals surface area contributed by atoms with Gasteiger partial charge in [0.15, 0.2) is 11.6 Å². The third-order valence-corrected chi connectivity index (χ3v) is 16.0. The Morgan fingerprint density at radius 3 is 1.23 bits per heavy atom. The van der Waals surface area contributed by atoms with Crippen molar-refractivity contribution in [3.63, 3.8) is 0 Å². The van der Waals surface area contributed by atoms with E-state index in [1.807, 2.05) is 42.5 Å². The average molecular weight is 1580 g/mol. The molecule has 0 radical (unpaired) electrons. The molecule has 0 atom stereocenters. The second-order valence-electron chi connectivity index (χ2n) is 18.6. The summed E-state index contributed by atoms with van der Waals surface area (Å²) in [6, 6.07) is 40.1. The number of aryl methyl sites for hydroxylation is 1. The molecule has 0 amide bonds. The average Bonchev–Trinajstić information content (AvgIpc) is 1.67. The minimum atomic E-state index is -1.57. The lowest BCUT2D eigenvalue weighted by Crippen LogP contribution is -2.19. The first-order chi connectivity index (χ1) is 46.2. The van der Waals surface area contributed by atoms with Crippen LogP contribution in [0.1, 0.15) is 96.3 Å². The molecule has 502 valence electrons. The van der Waals surface area contributed by atoms with Gasteiger partial charge >= 0.3 is 23.9 Å². The summed E-state index contributed by atoms with van der Waals surface area (Å²) in [7, 11) is 0. The lowest BCUT2D eigenvalue weighted by atomic mass is 10.0. The van der Waals surface area contributed by atoms with Gasteiger partial charge in [0, 0.05) is 30.7 Å². The van der Waals surface area contributed by atoms with Crippen molar-refractivity contribution < 1.29 is 67.3 Å². The molecule has 0 saturated heterocycles. The Labute approximate surface area is 611 Å². The van der Waals surface area contributed by atoms with Gasteiger partial charge in [-0.1, -0.05) is 165 Å². The number of fused-ring (bicyclic) bond motifs is 2. The molecule has 5 heterocycles. The molecule has 0 unspecified atom stereocenters. The molecule has 5 aromatic heterocycles. The van der Waals surface area contributed by atoms with Crippen molar-refractivity contribution in [3.05, 3.63) is 270 Å². The van der Waals surface area contributed by atoms with E-state index in [1.54, 1.807) is 115 Å². The number of carboxylic acids is 1. The fourth-order valence-corrected chi connectivity index (χ4v) is 11.2. The maximum absolute atomic E-state index is 12.6. The lowest BCUT2D eigenvalue weighted by molar-refractivity contribution is -0.167. The minimum absolute atomic E-state index is 0.0146. The molecular weight excluding hydrogens is 1530 g/mol. The zero-order valence-corrected chi connectivity index (χ0v) is 59.5. The lowest BCUT2D eigenvalue weighted by Gasteiger charge is -2.05. The maximum Gasteiger partial charge on any atom is 0.417 e. The van der Waals surface area contributed by atoms with Gasteiger partial charge in [0.05, 0.1) is 115 Å². The predicted molar refractivity (Wildman–Crippen MR) is 375 cm³/mol. The van der Waals surface area contributed by atoms with Crippen molar-refractivity contribution in [1.82, 2.24) is 23.8 Å². The van der Waals surface area contributed by atoms with E-state index < -0.39 is 47.0 Å². The molecule has 10 aromatic rings. The Morgan fingerprint density at radius 2 is 0.804 bits per heavy atom. The largest absolute Gasteiger partial charge is 0.475 e. The Morgan fingerprint density at radius 1 is 0.423 bits per heavy atom. The van der Waals surface area contributed by atoms with Crippen LogP contribution in [-0.4, -0.2) is 107 Å². The number of carbonyl (C=O) groups is 10. The number of aromatic nitrogens is 5. The quantitative estimate of drug-likeness (QED) is 0.0408. The van der Waals surface area contributed by atoms with E-state index in [-0.39, 0.29) is 102 Å². The van der Waals surface area contributed by atoms with Crippen molar-refractivity contribution >= 4 is 202 Å². The van der Waals surface area contributed by atoms with Crippen molar-refractivity contribution in [2.24, 2.45) is 0 Å². The molecule has 97 heavy (non-hydrogen) atoms. The van der Waals surface area contributed by atoms with Crippen LogP contribution in [0.4, 0.5) is 0 Å². The van der Waals surface area contributed by atoms with Crippen molar-refractivity contribution in [1.29, 1.82) is 0 Å². The van der Waals surface area contributed by atoms with Gasteiger partial charge in [0.2, 0.25) is 23.1 Å². The second-order valence-corrected chi connectivity index (χ2v) is 23.4. The highest BCUT2D eigenvalue weighted by Gasteiger charge is 2.26. The van der Waals surface area contributed by atoms with Gasteiger partial charge < -0.3 is 19.3 Å². The summed E-state index contributed by atoms with van der Waals surface area (Å²) >= 11 is 62.1. The van der Waals surface area contributed by atoms with E-state index >= 15 is 0 Å². The van der Waals surface area contributed by atoms with Crippen LogP contribution in [0.2, 0.25) is 50.2 Å². The molecule has 5 aromatic carbocycles. The van der Waals surface area contributed by atoms with E-state index in [2.05, 4.69) is 45.1 Å². The van der Waals surface area contributed by atoms with E-state index in [0.29, 0.717) is 36.9 Å². The highest BCUT2D eigenvalue weighted by molar-refractivity contribution is 9.10. The van der Waals surface area contributed by atoms with Crippen molar-refractivity contribution in [2.45, 2.75) is 33.6 Å². The fourth-order valence-electron chi connectivity index (χ4n) is 7.90. The third-order valence-electron chi connectivity index (χ3n) is 12.3. The molecule has 0 aliphatic heterocycles. The third kappa shape index (κ3) is 22.2. The number of hydrogen-bond acceptors (Lipinski definition) is 16. The van der Waals surface area contributed by atoms with E-state index in [9.17, 15) is 47.9 Å². The molecule has 0 aliphatic carbocycles. The van der Waals surface area contributed by atoms with Crippen LogP contribution in [0.3, 0.4) is 0 Å². The number of esters is 3. The molecule has 0 spiro atoms. The highest BCUT2D eigenvalue weighted by atomic mass is 79.9. The number of nitrogens with zero attached hydrogens (tertiary/aromatic N) is 5. The first-order valence-electron chi connectivity index (χ1n) is 27.8. The standard InChI is InChI=1S/C15H11Cl2NO2.C14H7BrCl2N2O.C14H8Cl2N2O.C10H8Cl2O3.C8H4Cl2O3.C6H10O4/c16-11-5-3-6-12(17)14(11)15(20)13(19)8-7-10-4-1-2-9-18-10;15-13-10-6-1-2-7-19(10)14(18-13)12(20)11-8(16)4-3-5-9(11)17;15-10-5-3-6-11(16)12(10)13(19)14-17-8-9-4-1-2-7-18(9)14;1-2-15-10(14)9(13)8-6(11)4-3-5-7(8)12;9-4-2-1-3-5(10)6(4)7(11)8(12)13;1-3-9-5(7)6(8)10-4-2/h1-6,9H,7-8H2;1-7H;1-8H;3-5H,2H2,1H3;1-3H,(H,12,13);3-4H2,1-2H3. The summed E-state index contributed by atoms with van der Waals surface area (Å²) in [5.74, 6) is -7.52. The summed E-state index contributed by atoms with van der Waals surface area (Å²) in [6.45, 7) is 5.37. The number of hydrogen-bond donors (Lipinski definition) is 1. The topological polar surface area (TPSA) is 266 Å². The number of carboxylic acid groups (broad SMARTS) is 1. The number of imidazole rings is 2. The normalized spacial score (nSPS) is 10.2.